The first-order valence-corrected chi connectivity index (χ1v) is 14.4. The predicted molar refractivity (Wildman–Crippen MR) is 146 cm³/mol. The number of ether oxygens (including phenoxy) is 2. The van der Waals surface area contributed by atoms with Gasteiger partial charge in [0.15, 0.2) is 0 Å². The van der Waals surface area contributed by atoms with E-state index in [0.717, 1.165) is 55.5 Å². The van der Waals surface area contributed by atoms with E-state index < -0.39 is 5.41 Å². The molecule has 2 unspecified atom stereocenters. The third-order valence-electron chi connectivity index (χ3n) is 9.27. The molecule has 2 amide bonds. The van der Waals surface area contributed by atoms with Crippen LogP contribution in [-0.4, -0.2) is 72.7 Å². The molecule has 2 saturated heterocycles. The predicted octanol–water partition coefficient (Wildman–Crippen LogP) is 4.17. The van der Waals surface area contributed by atoms with Crippen LogP contribution in [0.1, 0.15) is 63.3 Å². The first-order valence-electron chi connectivity index (χ1n) is 14.4. The van der Waals surface area contributed by atoms with Crippen LogP contribution in [0.5, 0.6) is 0 Å². The number of hydrogen-bond acceptors (Lipinski definition) is 5. The second-order valence-corrected chi connectivity index (χ2v) is 13.3. The third-order valence-corrected chi connectivity index (χ3v) is 9.27. The van der Waals surface area contributed by atoms with Crippen LogP contribution in [0.2, 0.25) is 0 Å². The molecule has 208 valence electrons. The van der Waals surface area contributed by atoms with Gasteiger partial charge in [-0.15, -0.1) is 0 Å². The maximum atomic E-state index is 14.4. The van der Waals surface area contributed by atoms with Crippen molar-refractivity contribution in [2.45, 2.75) is 72.4 Å². The molecule has 0 aromatic carbocycles. The van der Waals surface area contributed by atoms with Crippen molar-refractivity contribution in [3.63, 3.8) is 0 Å². The Labute approximate surface area is 227 Å². The van der Waals surface area contributed by atoms with E-state index in [2.05, 4.69) is 43.6 Å². The number of likely N-dealkylation sites (tertiary alicyclic amines) is 1. The van der Waals surface area contributed by atoms with Gasteiger partial charge in [0.05, 0.1) is 18.1 Å². The summed E-state index contributed by atoms with van der Waals surface area (Å²) in [7, 11) is 1.78. The molecular formula is C31H45N3O4. The Morgan fingerprint density at radius 2 is 2.11 bits per heavy atom. The van der Waals surface area contributed by atoms with Crippen molar-refractivity contribution in [3.05, 3.63) is 41.2 Å². The van der Waals surface area contributed by atoms with Gasteiger partial charge in [0.25, 0.3) is 0 Å². The maximum absolute atomic E-state index is 14.4. The summed E-state index contributed by atoms with van der Waals surface area (Å²) < 4.78 is 11.4. The van der Waals surface area contributed by atoms with Crippen LogP contribution in [0.4, 0.5) is 0 Å². The zero-order valence-corrected chi connectivity index (χ0v) is 23.9. The van der Waals surface area contributed by atoms with E-state index in [9.17, 15) is 9.59 Å². The van der Waals surface area contributed by atoms with E-state index >= 15 is 0 Å². The number of nitrogens with zero attached hydrogens (tertiary/aromatic N) is 3. The molecule has 5 rings (SSSR count). The molecule has 4 aliphatic rings. The molecule has 3 fully saturated rings. The highest BCUT2D eigenvalue weighted by Crippen LogP contribution is 2.54. The average Bonchev–Trinajstić information content (AvgIpc) is 3.41. The lowest BCUT2D eigenvalue weighted by Gasteiger charge is -2.37. The van der Waals surface area contributed by atoms with Crippen LogP contribution < -0.4 is 0 Å². The Balaban J connectivity index is 1.37. The fourth-order valence-corrected chi connectivity index (χ4v) is 7.36. The number of rotatable bonds is 5. The Bertz CT molecular complexity index is 1080. The van der Waals surface area contributed by atoms with Gasteiger partial charge in [-0.05, 0) is 73.0 Å². The SMILES string of the molecule is COC1COCCC1C[C@@H]1C[C@H]2CN(C(=O)/C=C/C(C)(C)C)C[C@@]2(C(=O)N2CCc3ncc(C)cc3C2)C1. The van der Waals surface area contributed by atoms with Crippen molar-refractivity contribution in [1.82, 2.24) is 14.8 Å². The third kappa shape index (κ3) is 5.55. The van der Waals surface area contributed by atoms with Crippen molar-refractivity contribution >= 4 is 11.8 Å². The van der Waals surface area contributed by atoms with Gasteiger partial charge in [0.2, 0.25) is 11.8 Å². The number of allylic oxidation sites excluding steroid dienone is 1. The highest BCUT2D eigenvalue weighted by molar-refractivity contribution is 5.90. The molecule has 38 heavy (non-hydrogen) atoms. The Morgan fingerprint density at radius 1 is 1.29 bits per heavy atom. The lowest BCUT2D eigenvalue weighted by atomic mass is 9.78. The standard InChI is InChI=1S/C31H45N3O4/c1-21-12-24-17-33(10-7-26(24)32-16-21)29(36)31-15-22(13-23-8-11-38-19-27(23)37-5)14-25(31)18-34(20-31)28(35)6-9-30(2,3)4/h6,9,12,16,22-23,25,27H,7-8,10-11,13-15,17-20H2,1-5H3/b9-6+/t22-,23?,25+,27?,31+/m1/s1. The summed E-state index contributed by atoms with van der Waals surface area (Å²) in [6.45, 7) is 12.3. The number of carbonyl (C=O) groups is 2. The van der Waals surface area contributed by atoms with Gasteiger partial charge in [-0.2, -0.15) is 0 Å². The summed E-state index contributed by atoms with van der Waals surface area (Å²) in [5, 5.41) is 0. The van der Waals surface area contributed by atoms with Gasteiger partial charge in [-0.1, -0.05) is 32.9 Å². The van der Waals surface area contributed by atoms with Crippen LogP contribution in [-0.2, 0) is 32.0 Å². The van der Waals surface area contributed by atoms with E-state index in [1.807, 2.05) is 17.2 Å². The number of pyridine rings is 1. The van der Waals surface area contributed by atoms with Crippen molar-refractivity contribution < 1.29 is 19.1 Å². The number of carbonyl (C=O) groups excluding carboxylic acids is 2. The van der Waals surface area contributed by atoms with Crippen molar-refractivity contribution in [1.29, 1.82) is 0 Å². The van der Waals surface area contributed by atoms with E-state index in [1.54, 1.807) is 13.2 Å². The van der Waals surface area contributed by atoms with Crippen molar-refractivity contribution in [2.24, 2.45) is 28.6 Å². The smallest absolute Gasteiger partial charge is 0.246 e. The van der Waals surface area contributed by atoms with Gasteiger partial charge in [0, 0.05) is 58.2 Å². The summed E-state index contributed by atoms with van der Waals surface area (Å²) in [6, 6.07) is 2.17. The van der Waals surface area contributed by atoms with Gasteiger partial charge in [0.1, 0.15) is 0 Å². The topological polar surface area (TPSA) is 72.0 Å². The lowest BCUT2D eigenvalue weighted by molar-refractivity contribution is -0.144. The number of amides is 2. The molecule has 1 aromatic heterocycles. The fraction of sp³-hybridized carbons (Fsp3) is 0.710. The molecule has 1 aromatic rings. The van der Waals surface area contributed by atoms with E-state index in [-0.39, 0.29) is 29.3 Å². The number of fused-ring (bicyclic) bond motifs is 2. The molecule has 1 saturated carbocycles. The number of hydrogen-bond donors (Lipinski definition) is 0. The molecular weight excluding hydrogens is 478 g/mol. The Hall–Kier alpha value is -2.25. The number of methoxy groups -OCH3 is 1. The van der Waals surface area contributed by atoms with Gasteiger partial charge >= 0.3 is 0 Å². The van der Waals surface area contributed by atoms with E-state index in [4.69, 9.17) is 9.47 Å². The summed E-state index contributed by atoms with van der Waals surface area (Å²) >= 11 is 0. The van der Waals surface area contributed by atoms with Crippen LogP contribution in [0, 0.1) is 35.5 Å². The fourth-order valence-electron chi connectivity index (χ4n) is 7.36. The van der Waals surface area contributed by atoms with E-state index in [1.165, 1.54) is 0 Å². The zero-order valence-electron chi connectivity index (χ0n) is 23.9. The average molecular weight is 524 g/mol. The van der Waals surface area contributed by atoms with Crippen molar-refractivity contribution in [2.75, 3.05) is 40.0 Å². The molecule has 0 radical (unpaired) electrons. The first kappa shape index (κ1) is 27.3. The maximum Gasteiger partial charge on any atom is 0.246 e. The van der Waals surface area contributed by atoms with Crippen LogP contribution in [0.15, 0.2) is 24.4 Å². The summed E-state index contributed by atoms with van der Waals surface area (Å²) in [5.74, 6) is 1.40. The Kier molecular flexibility index (Phi) is 7.71. The van der Waals surface area contributed by atoms with Gasteiger partial charge < -0.3 is 19.3 Å². The quantitative estimate of drug-likeness (QED) is 0.542. The zero-order chi connectivity index (χ0) is 27.1. The van der Waals surface area contributed by atoms with Crippen LogP contribution in [0.3, 0.4) is 0 Å². The van der Waals surface area contributed by atoms with Crippen molar-refractivity contribution in [3.8, 4) is 0 Å². The van der Waals surface area contributed by atoms with Gasteiger partial charge in [-0.3, -0.25) is 14.6 Å². The van der Waals surface area contributed by atoms with Gasteiger partial charge in [-0.25, -0.2) is 0 Å². The second-order valence-electron chi connectivity index (χ2n) is 13.3. The molecule has 0 spiro atoms. The number of aromatic nitrogens is 1. The normalized spacial score (nSPS) is 31.5. The molecule has 4 heterocycles. The highest BCUT2D eigenvalue weighted by Gasteiger charge is 2.59. The lowest BCUT2D eigenvalue weighted by Crippen LogP contribution is -2.49. The van der Waals surface area contributed by atoms with Crippen LogP contribution in [0.25, 0.3) is 0 Å². The Morgan fingerprint density at radius 3 is 2.87 bits per heavy atom. The minimum Gasteiger partial charge on any atom is -0.379 e. The molecule has 7 heteroatoms. The second kappa shape index (κ2) is 10.7. The summed E-state index contributed by atoms with van der Waals surface area (Å²) in [6.07, 6.45) is 10.5. The summed E-state index contributed by atoms with van der Waals surface area (Å²) in [5.41, 5.74) is 2.84. The van der Waals surface area contributed by atoms with Crippen LogP contribution >= 0.6 is 0 Å². The monoisotopic (exact) mass is 523 g/mol. The van der Waals surface area contributed by atoms with E-state index in [0.29, 0.717) is 44.6 Å². The number of aryl methyl sites for hydroxylation is 1. The minimum absolute atomic E-state index is 0.0331. The first-order chi connectivity index (χ1) is 18.1. The summed E-state index contributed by atoms with van der Waals surface area (Å²) in [4.78, 5) is 36.3. The molecule has 7 nitrogen and oxygen atoms in total. The molecule has 5 atom stereocenters. The molecule has 0 N–H and O–H groups in total. The molecule has 0 bridgehead atoms. The molecule has 3 aliphatic heterocycles. The largest absolute Gasteiger partial charge is 0.379 e. The molecule has 1 aliphatic carbocycles. The minimum atomic E-state index is -0.502. The highest BCUT2D eigenvalue weighted by atomic mass is 16.5.